The summed E-state index contributed by atoms with van der Waals surface area (Å²) >= 11 is 1.41. The molecule has 5 rings (SSSR count). The first kappa shape index (κ1) is 18.4. The second-order valence-corrected chi connectivity index (χ2v) is 7.99. The van der Waals surface area contributed by atoms with Gasteiger partial charge in [-0.1, -0.05) is 60.2 Å². The van der Waals surface area contributed by atoms with Crippen LogP contribution >= 0.6 is 11.3 Å². The van der Waals surface area contributed by atoms with E-state index in [1.807, 2.05) is 46.3 Å². The maximum atomic E-state index is 13.1. The number of anilines is 1. The Balaban J connectivity index is 1.43. The molecule has 0 aliphatic carbocycles. The van der Waals surface area contributed by atoms with E-state index in [0.29, 0.717) is 23.0 Å². The number of carbonyl (C=O) groups is 1. The highest BCUT2D eigenvalue weighted by atomic mass is 32.1. The van der Waals surface area contributed by atoms with Crippen LogP contribution in [0.1, 0.15) is 21.6 Å². The van der Waals surface area contributed by atoms with Crippen LogP contribution in [0.4, 0.5) is 5.13 Å². The average Bonchev–Trinajstić information content (AvgIpc) is 3.48. The second kappa shape index (κ2) is 7.65. The van der Waals surface area contributed by atoms with Crippen LogP contribution in [0, 0.1) is 6.92 Å². The van der Waals surface area contributed by atoms with Crippen molar-refractivity contribution in [3.05, 3.63) is 95.2 Å². The molecule has 3 aromatic heterocycles. The third kappa shape index (κ3) is 3.53. The van der Waals surface area contributed by atoms with E-state index in [1.54, 1.807) is 12.3 Å². The average molecular weight is 414 g/mol. The van der Waals surface area contributed by atoms with Crippen molar-refractivity contribution in [2.24, 2.45) is 0 Å². The van der Waals surface area contributed by atoms with Crippen molar-refractivity contribution in [1.29, 1.82) is 0 Å². The van der Waals surface area contributed by atoms with Crippen molar-refractivity contribution < 1.29 is 9.21 Å². The Morgan fingerprint density at radius 2 is 1.90 bits per heavy atom. The summed E-state index contributed by atoms with van der Waals surface area (Å²) in [4.78, 5) is 17.7. The predicted molar refractivity (Wildman–Crippen MR) is 120 cm³/mol. The van der Waals surface area contributed by atoms with E-state index in [1.165, 1.54) is 16.9 Å². The van der Waals surface area contributed by atoms with Crippen molar-refractivity contribution >= 4 is 33.5 Å². The molecule has 0 aliphatic rings. The van der Waals surface area contributed by atoms with Crippen LogP contribution in [-0.4, -0.2) is 15.5 Å². The standard InChI is InChI=1S/C24H19N3O2S/c1-16-7-9-17(10-8-16)14-27-20-11-12-29-22(20)13-21(27)23(28)26-24-25-19(15-30-24)18-5-3-2-4-6-18/h2-13,15H,14H2,1H3,(H,25,26,28). The molecule has 0 atom stereocenters. The summed E-state index contributed by atoms with van der Waals surface area (Å²) in [6.07, 6.45) is 1.64. The number of aromatic nitrogens is 2. The summed E-state index contributed by atoms with van der Waals surface area (Å²) in [6, 6.07) is 21.9. The number of aryl methyl sites for hydroxylation is 1. The van der Waals surface area contributed by atoms with Gasteiger partial charge >= 0.3 is 0 Å². The zero-order chi connectivity index (χ0) is 20.5. The number of hydrogen-bond donors (Lipinski definition) is 1. The van der Waals surface area contributed by atoms with Gasteiger partial charge in [0, 0.05) is 29.6 Å². The molecule has 3 heterocycles. The summed E-state index contributed by atoms with van der Waals surface area (Å²) in [5.41, 5.74) is 6.32. The number of rotatable bonds is 5. The van der Waals surface area contributed by atoms with Crippen LogP contribution in [-0.2, 0) is 6.54 Å². The maximum Gasteiger partial charge on any atom is 0.274 e. The molecule has 6 heteroatoms. The van der Waals surface area contributed by atoms with Gasteiger partial charge in [0.2, 0.25) is 0 Å². The molecule has 148 valence electrons. The monoisotopic (exact) mass is 413 g/mol. The quantitative estimate of drug-likeness (QED) is 0.386. The number of benzene rings is 2. The molecule has 0 aliphatic heterocycles. The summed E-state index contributed by atoms with van der Waals surface area (Å²) in [5, 5.41) is 5.46. The molecule has 1 N–H and O–H groups in total. The van der Waals surface area contributed by atoms with Crippen LogP contribution in [0.15, 0.2) is 82.8 Å². The fourth-order valence-electron chi connectivity index (χ4n) is 3.45. The van der Waals surface area contributed by atoms with Gasteiger partial charge in [0.25, 0.3) is 5.91 Å². The molecule has 0 bridgehead atoms. The number of hydrogen-bond acceptors (Lipinski definition) is 4. The highest BCUT2D eigenvalue weighted by Gasteiger charge is 2.19. The summed E-state index contributed by atoms with van der Waals surface area (Å²) in [5.74, 6) is -0.206. The zero-order valence-corrected chi connectivity index (χ0v) is 17.1. The van der Waals surface area contributed by atoms with Crippen LogP contribution in [0.25, 0.3) is 22.4 Å². The molecular weight excluding hydrogens is 394 g/mol. The lowest BCUT2D eigenvalue weighted by atomic mass is 10.1. The first-order valence-electron chi connectivity index (χ1n) is 9.62. The SMILES string of the molecule is Cc1ccc(Cn2c(C(=O)Nc3nc(-c4ccccc4)cs3)cc3occc32)cc1. The Morgan fingerprint density at radius 1 is 1.10 bits per heavy atom. The topological polar surface area (TPSA) is 60.1 Å². The van der Waals surface area contributed by atoms with Gasteiger partial charge in [0.15, 0.2) is 10.7 Å². The minimum Gasteiger partial charge on any atom is -0.463 e. The van der Waals surface area contributed by atoms with Crippen molar-refractivity contribution in [3.63, 3.8) is 0 Å². The number of thiazole rings is 1. The Morgan fingerprint density at radius 3 is 2.70 bits per heavy atom. The van der Waals surface area contributed by atoms with Crippen LogP contribution in [0.2, 0.25) is 0 Å². The third-order valence-electron chi connectivity index (χ3n) is 5.01. The lowest BCUT2D eigenvalue weighted by Crippen LogP contribution is -2.17. The van der Waals surface area contributed by atoms with E-state index in [0.717, 1.165) is 22.3 Å². The molecule has 0 spiro atoms. The van der Waals surface area contributed by atoms with Gasteiger partial charge < -0.3 is 8.98 Å². The molecular formula is C24H19N3O2S. The number of furan rings is 1. The number of carbonyl (C=O) groups excluding carboxylic acids is 1. The molecule has 5 nitrogen and oxygen atoms in total. The van der Waals surface area contributed by atoms with E-state index in [2.05, 4.69) is 41.5 Å². The van der Waals surface area contributed by atoms with Crippen LogP contribution in [0.5, 0.6) is 0 Å². The minimum atomic E-state index is -0.206. The van der Waals surface area contributed by atoms with E-state index in [4.69, 9.17) is 4.42 Å². The van der Waals surface area contributed by atoms with Gasteiger partial charge in [0.05, 0.1) is 17.5 Å². The molecule has 0 saturated carbocycles. The Labute approximate surface area is 177 Å². The van der Waals surface area contributed by atoms with Crippen molar-refractivity contribution in [2.45, 2.75) is 13.5 Å². The predicted octanol–water partition coefficient (Wildman–Crippen LogP) is 5.97. The molecule has 0 unspecified atom stereocenters. The second-order valence-electron chi connectivity index (χ2n) is 7.13. The molecule has 30 heavy (non-hydrogen) atoms. The largest absolute Gasteiger partial charge is 0.463 e. The van der Waals surface area contributed by atoms with Crippen molar-refractivity contribution in [1.82, 2.24) is 9.55 Å². The van der Waals surface area contributed by atoms with E-state index >= 15 is 0 Å². The lowest BCUT2D eigenvalue weighted by Gasteiger charge is -2.10. The Bertz CT molecular complexity index is 1310. The Hall–Kier alpha value is -3.64. The fraction of sp³-hybridized carbons (Fsp3) is 0.0833. The Kier molecular flexibility index (Phi) is 4.69. The van der Waals surface area contributed by atoms with E-state index in [-0.39, 0.29) is 5.91 Å². The van der Waals surface area contributed by atoms with Gasteiger partial charge in [-0.05, 0) is 12.5 Å². The van der Waals surface area contributed by atoms with E-state index in [9.17, 15) is 4.79 Å². The number of amides is 1. The molecule has 0 fully saturated rings. The van der Waals surface area contributed by atoms with Gasteiger partial charge in [-0.15, -0.1) is 11.3 Å². The van der Waals surface area contributed by atoms with Gasteiger partial charge in [-0.3, -0.25) is 10.1 Å². The maximum absolute atomic E-state index is 13.1. The lowest BCUT2D eigenvalue weighted by molar-refractivity contribution is 0.101. The summed E-state index contributed by atoms with van der Waals surface area (Å²) in [7, 11) is 0. The highest BCUT2D eigenvalue weighted by Crippen LogP contribution is 2.27. The molecule has 2 aromatic carbocycles. The molecule has 0 radical (unpaired) electrons. The fourth-order valence-corrected chi connectivity index (χ4v) is 4.16. The van der Waals surface area contributed by atoms with E-state index < -0.39 is 0 Å². The third-order valence-corrected chi connectivity index (χ3v) is 5.77. The smallest absolute Gasteiger partial charge is 0.274 e. The normalized spacial score (nSPS) is 11.1. The molecule has 1 amide bonds. The van der Waals surface area contributed by atoms with Gasteiger partial charge in [-0.25, -0.2) is 4.98 Å². The van der Waals surface area contributed by atoms with Crippen LogP contribution in [0.3, 0.4) is 0 Å². The highest BCUT2D eigenvalue weighted by molar-refractivity contribution is 7.14. The summed E-state index contributed by atoms with van der Waals surface area (Å²) in [6.45, 7) is 2.64. The first-order valence-corrected chi connectivity index (χ1v) is 10.5. The molecule has 5 aromatic rings. The summed E-state index contributed by atoms with van der Waals surface area (Å²) < 4.78 is 7.52. The van der Waals surface area contributed by atoms with Gasteiger partial charge in [0.1, 0.15) is 5.69 Å². The van der Waals surface area contributed by atoms with Crippen molar-refractivity contribution in [3.8, 4) is 11.3 Å². The van der Waals surface area contributed by atoms with Crippen LogP contribution < -0.4 is 5.32 Å². The number of fused-ring (bicyclic) bond motifs is 1. The molecule has 0 saturated heterocycles. The van der Waals surface area contributed by atoms with Gasteiger partial charge in [-0.2, -0.15) is 0 Å². The minimum absolute atomic E-state index is 0.206. The zero-order valence-electron chi connectivity index (χ0n) is 16.3. The van der Waals surface area contributed by atoms with Crippen molar-refractivity contribution in [2.75, 3.05) is 5.32 Å². The number of nitrogens with one attached hydrogen (secondary N) is 1. The first-order chi connectivity index (χ1) is 14.7. The number of nitrogens with zero attached hydrogens (tertiary/aromatic N) is 2.